The van der Waals surface area contributed by atoms with Crippen molar-refractivity contribution in [3.05, 3.63) is 188 Å². The number of phenolic OH excluding ortho intramolecular Hbond substituents is 1. The number of nitrogens with one attached hydrogen (secondary N) is 3. The zero-order valence-electron chi connectivity index (χ0n) is 70.4. The predicted molar refractivity (Wildman–Crippen MR) is 519 cm³/mol. The molecule has 0 saturated carbocycles. The number of carbonyl (C=O) groups is 3. The minimum absolute atomic E-state index is 0.103. The van der Waals surface area contributed by atoms with Crippen molar-refractivity contribution in [2.24, 2.45) is 0 Å². The van der Waals surface area contributed by atoms with Crippen LogP contribution in [0.4, 0.5) is 5.69 Å². The molecule has 0 spiro atoms. The van der Waals surface area contributed by atoms with Gasteiger partial charge < -0.3 is 66.6 Å². The van der Waals surface area contributed by atoms with Crippen LogP contribution in [0.5, 0.6) is 46.0 Å². The van der Waals surface area contributed by atoms with Crippen LogP contribution in [0.25, 0.3) is 61.3 Å². The molecule has 0 fully saturated rings. The van der Waals surface area contributed by atoms with Gasteiger partial charge in [0.05, 0.1) is 138 Å². The third-order valence-electron chi connectivity index (χ3n) is 16.1. The van der Waals surface area contributed by atoms with Gasteiger partial charge in [-0.3, -0.25) is 0 Å². The molecule has 31 nitrogen and oxygen atoms in total. The maximum atomic E-state index is 12.5. The van der Waals surface area contributed by atoms with Gasteiger partial charge in [0.2, 0.25) is 17.1 Å². The van der Waals surface area contributed by atoms with Crippen molar-refractivity contribution < 1.29 is 70.3 Å². The Morgan fingerprint density at radius 3 is 1.31 bits per heavy atom. The molecule has 9 heterocycles. The minimum atomic E-state index is -1.12. The van der Waals surface area contributed by atoms with Gasteiger partial charge in [-0.15, -0.1) is 106 Å². The Morgan fingerprint density at radius 1 is 0.472 bits per heavy atom. The summed E-state index contributed by atoms with van der Waals surface area (Å²) in [5.41, 5.74) is 13.0. The SMILES string of the molecule is CCOC(=O)c1n[nH]nc1Sc1nc2cc(OCC)ccc2s1.CCOC(=O)c1nnn(Cc2ccc(OC)cc2)c1Sc1nc2cc(OCC)ccc2s1.CCOc1ccc(S)c(N)c1.CCOc1ccc2sc(=S)[nH]c2c1.CCOc1ccc2sc(C)nc2c1.CCOc1ccc2sc(Sc3n[nH]nc3C(=O)O)nc2c1.COI.Cc1nc2cc(O)ccc2s1. The van der Waals surface area contributed by atoms with Crippen molar-refractivity contribution >= 4 is 236 Å². The van der Waals surface area contributed by atoms with E-state index in [2.05, 4.69) is 87.8 Å². The number of nitrogens with two attached hydrogens (primary N) is 1. The van der Waals surface area contributed by atoms with Gasteiger partial charge in [-0.1, -0.05) is 17.3 Å². The summed E-state index contributed by atoms with van der Waals surface area (Å²) in [4.78, 5) is 61.5. The average Bonchev–Trinajstić information content (AvgIpc) is 1.65. The topological polar surface area (TPSA) is 404 Å². The molecule has 0 bridgehead atoms. The molecule has 0 saturated heterocycles. The van der Waals surface area contributed by atoms with Crippen LogP contribution in [0.2, 0.25) is 0 Å². The lowest BCUT2D eigenvalue weighted by molar-refractivity contribution is 0.0505. The Hall–Kier alpha value is -10.6. The first kappa shape index (κ1) is 98.6. The molecule has 7 N–H and O–H groups in total. The first-order chi connectivity index (χ1) is 61.5. The van der Waals surface area contributed by atoms with Crippen molar-refractivity contribution in [2.45, 2.75) is 109 Å². The summed E-state index contributed by atoms with van der Waals surface area (Å²) >= 11 is 24.2. The van der Waals surface area contributed by atoms with Crippen LogP contribution in [0.1, 0.15) is 102 Å². The number of hydrogen-bond acceptors (Lipinski definition) is 37. The summed E-state index contributed by atoms with van der Waals surface area (Å²) in [5.74, 6) is 3.85. The summed E-state index contributed by atoms with van der Waals surface area (Å²) in [6, 6.07) is 47.7. The molecule has 43 heteroatoms. The molecule has 0 aliphatic rings. The molecule has 127 heavy (non-hydrogen) atoms. The lowest BCUT2D eigenvalue weighted by Crippen LogP contribution is -2.08. The number of carboxylic acid groups (broad SMARTS) is 1. The number of thiazole rings is 6. The van der Waals surface area contributed by atoms with E-state index in [1.165, 1.54) is 78.7 Å². The zero-order chi connectivity index (χ0) is 90.9. The molecular formula is C84H87IN16O15S11. The molecular weight excluding hydrogens is 1950 g/mol. The molecule has 9 aromatic heterocycles. The molecule has 17 aromatic rings. The third kappa shape index (κ3) is 29.2. The normalized spacial score (nSPS) is 10.6. The number of anilines is 1. The van der Waals surface area contributed by atoms with Gasteiger partial charge in [-0.05, 0) is 219 Å². The standard InChI is InChI=1S/C22H22N4O4S2.C14H14N4O3S2.C12H10N4O3S2.C10H11NOS.C9H9NOS2.C8H7NOS.C8H11NOS.CH3IO/c1-4-29-16-10-11-18-17(12-16)23-22(31-18)32-20-19(21(27)30-5-2)24-25-26(20)13-14-6-8-15(28-3)9-7-14;1-3-20-8-5-6-10-9(7-8)15-14(22-10)23-12-11(16-18-17-12)13(19)21-4-2;1-2-19-6-3-4-8-7(5-6)13-12(20-8)21-10-9(11(17)18)14-16-15-10;1-3-12-8-4-5-10-9(6-8)11-7(2)13-10;1-2-11-6-3-4-8-7(5-6)10-9(12)13-8;1-5-9-7-4-6(10)2-3-8(7)11-5;1-2-10-6-3-4-8(11)7(9)5-6;1-3-2/h6-12H,4-5,13H2,1-3H3;5-7H,3-4H2,1-2H3,(H,16,17,18);3-5H,2H2,1H3,(H,17,18)(H,14,15,16);4-6H,3H2,1-2H3;3-5H,2H2,1H3,(H,10,12);2-4,10H,1H3;3-5,11H,2,9H2,1H3;1H3. The van der Waals surface area contributed by atoms with Gasteiger partial charge in [-0.2, -0.15) is 10.4 Å². The molecule has 0 unspecified atom stereocenters. The van der Waals surface area contributed by atoms with Crippen LogP contribution in [-0.4, -0.2) is 171 Å². The summed E-state index contributed by atoms with van der Waals surface area (Å²) in [6.45, 7) is 24.0. The summed E-state index contributed by atoms with van der Waals surface area (Å²) in [6.07, 6.45) is 0. The first-order valence-corrected chi connectivity index (χ1v) is 47.8. The number of H-pyrrole nitrogens is 3. The van der Waals surface area contributed by atoms with Crippen LogP contribution < -0.4 is 38.9 Å². The fraction of sp³-hybridized carbons (Fsp3) is 0.250. The number of thiol groups is 1. The second-order valence-corrected chi connectivity index (χ2v) is 37.3. The van der Waals surface area contributed by atoms with E-state index in [1.807, 2.05) is 183 Å². The predicted octanol–water partition coefficient (Wildman–Crippen LogP) is 22.1. The van der Waals surface area contributed by atoms with Crippen molar-refractivity contribution in [3.63, 3.8) is 0 Å². The van der Waals surface area contributed by atoms with Gasteiger partial charge in [-0.25, -0.2) is 44.0 Å². The fourth-order valence-corrected chi connectivity index (χ4v) is 19.8. The molecule has 17 rings (SSSR count). The molecule has 8 aromatic carbocycles. The molecule has 0 amide bonds. The van der Waals surface area contributed by atoms with Crippen LogP contribution in [0.15, 0.2) is 185 Å². The molecule has 0 radical (unpaired) electrons. The van der Waals surface area contributed by atoms with E-state index in [-0.39, 0.29) is 36.0 Å². The zero-order valence-corrected chi connectivity index (χ0v) is 81.6. The van der Waals surface area contributed by atoms with Crippen molar-refractivity contribution in [1.29, 1.82) is 0 Å². The van der Waals surface area contributed by atoms with Crippen LogP contribution in [-0.2, 0) is 19.1 Å². The molecule has 0 atom stereocenters. The van der Waals surface area contributed by atoms with Crippen LogP contribution in [0.3, 0.4) is 0 Å². The van der Waals surface area contributed by atoms with Gasteiger partial charge in [0.25, 0.3) is 0 Å². The number of aromatic hydroxyl groups is 1. The van der Waals surface area contributed by atoms with E-state index < -0.39 is 17.9 Å². The van der Waals surface area contributed by atoms with E-state index in [1.54, 1.807) is 108 Å². The van der Waals surface area contributed by atoms with Crippen molar-refractivity contribution in [1.82, 2.24) is 75.7 Å². The largest absolute Gasteiger partial charge is 0.508 e. The van der Waals surface area contributed by atoms with E-state index >= 15 is 0 Å². The highest BCUT2D eigenvalue weighted by atomic mass is 127. The number of esters is 2. The number of phenols is 1. The number of fused-ring (bicyclic) bond motifs is 6. The number of nitrogens with zero attached hydrogens (tertiary/aromatic N) is 12. The highest BCUT2D eigenvalue weighted by Gasteiger charge is 2.25. The van der Waals surface area contributed by atoms with E-state index in [0.717, 1.165) is 125 Å². The second kappa shape index (κ2) is 50.3. The van der Waals surface area contributed by atoms with E-state index in [9.17, 15) is 14.4 Å². The number of halogens is 1. The number of ether oxygens (including phenoxy) is 9. The van der Waals surface area contributed by atoms with Crippen LogP contribution >= 0.6 is 151 Å². The number of methoxy groups -OCH3 is 1. The fourth-order valence-electron chi connectivity index (χ4n) is 10.9. The molecule has 0 aliphatic carbocycles. The summed E-state index contributed by atoms with van der Waals surface area (Å²) in [7, 11) is 3.24. The number of carboxylic acids is 1. The Bertz CT molecular complexity index is 6490. The Morgan fingerprint density at radius 2 is 0.858 bits per heavy atom. The lowest BCUT2D eigenvalue weighted by atomic mass is 10.2. The smallest absolute Gasteiger partial charge is 0.361 e. The summed E-state index contributed by atoms with van der Waals surface area (Å²) < 4.78 is 63.4. The van der Waals surface area contributed by atoms with Gasteiger partial charge in [0.15, 0.2) is 27.0 Å². The van der Waals surface area contributed by atoms with Gasteiger partial charge in [0.1, 0.15) is 74.0 Å². The number of carbonyl (C=O) groups excluding carboxylic acids is 2. The maximum absolute atomic E-state index is 12.5. The number of aryl methyl sites for hydroxylation is 2. The molecule has 0 aliphatic heterocycles. The maximum Gasteiger partial charge on any atom is 0.361 e. The third-order valence-corrected chi connectivity index (χ3v) is 26.0. The highest BCUT2D eigenvalue weighted by Crippen LogP contribution is 2.41. The minimum Gasteiger partial charge on any atom is -0.508 e. The molecule has 666 valence electrons. The highest BCUT2D eigenvalue weighted by molar-refractivity contribution is 14.1. The second-order valence-electron chi connectivity index (χ2n) is 25.0. The average molecular weight is 2040 g/mol. The van der Waals surface area contributed by atoms with E-state index in [0.29, 0.717) is 71.3 Å². The number of nitrogen functional groups attached to an aromatic ring is 1. The van der Waals surface area contributed by atoms with Crippen LogP contribution in [0, 0.1) is 17.8 Å². The van der Waals surface area contributed by atoms with Gasteiger partial charge in [0, 0.05) is 60.2 Å². The van der Waals surface area contributed by atoms with Gasteiger partial charge >= 0.3 is 17.9 Å². The monoisotopic (exact) mass is 2040 g/mol. The number of aromatic amines is 3. The van der Waals surface area contributed by atoms with E-state index in [4.69, 9.17) is 75.8 Å². The lowest BCUT2D eigenvalue weighted by Gasteiger charge is -2.07. The Kier molecular flexibility index (Phi) is 39.0. The number of rotatable bonds is 26. The number of aromatic nitrogens is 15. The summed E-state index contributed by atoms with van der Waals surface area (Å²) in [5, 5.41) is 49.9. The first-order valence-electron chi connectivity index (χ1n) is 38.8. The quantitative estimate of drug-likeness (QED) is 0.00870. The Balaban J connectivity index is 0.000000159. The van der Waals surface area contributed by atoms with Crippen molar-refractivity contribution in [2.75, 3.05) is 72.8 Å². The number of aromatic carboxylic acids is 1. The Labute approximate surface area is 790 Å². The number of benzene rings is 8. The van der Waals surface area contributed by atoms with Crippen molar-refractivity contribution in [3.8, 4) is 46.0 Å². The number of hydrogen-bond donors (Lipinski definition) is 7.